The van der Waals surface area contributed by atoms with Crippen molar-refractivity contribution < 1.29 is 23.4 Å². The minimum atomic E-state index is -1.57. The molecule has 16 heavy (non-hydrogen) atoms. The lowest BCUT2D eigenvalue weighted by Crippen LogP contribution is -2.22. The number of hydrogen-bond acceptors (Lipinski definition) is 4. The third-order valence-corrected chi connectivity index (χ3v) is 3.52. The number of carbonyl (C=O) groups is 1. The number of ether oxygens (including phenoxy) is 3. The van der Waals surface area contributed by atoms with E-state index in [4.69, 9.17) is 9.47 Å². The number of methoxy groups -OCH3 is 1. The Hall–Kier alpha value is -0.680. The fourth-order valence-electron chi connectivity index (χ4n) is 1.97. The lowest BCUT2D eigenvalue weighted by atomic mass is 9.95. The van der Waals surface area contributed by atoms with E-state index in [0.717, 1.165) is 0 Å². The summed E-state index contributed by atoms with van der Waals surface area (Å²) in [5.41, 5.74) is -1.30. The van der Waals surface area contributed by atoms with Crippen LogP contribution in [0.5, 0.6) is 0 Å². The van der Waals surface area contributed by atoms with Crippen LogP contribution < -0.4 is 0 Å². The highest BCUT2D eigenvalue weighted by atomic mass is 19.2. The maximum atomic E-state index is 13.9. The van der Waals surface area contributed by atoms with Crippen molar-refractivity contribution in [1.29, 1.82) is 0 Å². The van der Waals surface area contributed by atoms with Gasteiger partial charge in [0.15, 0.2) is 6.10 Å². The molecule has 2 heterocycles. The molecule has 1 unspecified atom stereocenters. The van der Waals surface area contributed by atoms with Gasteiger partial charge in [0.1, 0.15) is 11.2 Å². The van der Waals surface area contributed by atoms with Gasteiger partial charge in [-0.05, 0) is 27.2 Å². The van der Waals surface area contributed by atoms with E-state index in [0.29, 0.717) is 6.42 Å². The van der Waals surface area contributed by atoms with Crippen LogP contribution in [0.2, 0.25) is 0 Å². The molecule has 3 atom stereocenters. The second-order valence-electron chi connectivity index (χ2n) is 5.17. The number of esters is 1. The fourth-order valence-corrected chi connectivity index (χ4v) is 1.97. The largest absolute Gasteiger partial charge is 0.467 e. The van der Waals surface area contributed by atoms with Crippen LogP contribution in [0.4, 0.5) is 4.39 Å². The predicted molar refractivity (Wildman–Crippen MR) is 53.5 cm³/mol. The van der Waals surface area contributed by atoms with Crippen molar-refractivity contribution in [3.63, 3.8) is 0 Å². The van der Waals surface area contributed by atoms with Crippen molar-refractivity contribution in [2.45, 2.75) is 56.8 Å². The van der Waals surface area contributed by atoms with Gasteiger partial charge >= 0.3 is 5.97 Å². The van der Waals surface area contributed by atoms with Crippen LogP contribution in [0.3, 0.4) is 0 Å². The van der Waals surface area contributed by atoms with Crippen molar-refractivity contribution in [1.82, 2.24) is 0 Å². The molecule has 2 aliphatic heterocycles. The predicted octanol–water partition coefficient (Wildman–Crippen LogP) is 1.57. The number of rotatable bonds is 4. The van der Waals surface area contributed by atoms with Crippen molar-refractivity contribution in [3.8, 4) is 0 Å². The van der Waals surface area contributed by atoms with E-state index < -0.39 is 29.1 Å². The SMILES string of the molecule is COC(=O)[C@H]1O[C@]1(C)CCC1(F)OC1(C)C. The van der Waals surface area contributed by atoms with Crippen LogP contribution in [0.25, 0.3) is 0 Å². The first kappa shape index (κ1) is 11.8. The van der Waals surface area contributed by atoms with Crippen LogP contribution >= 0.6 is 0 Å². The number of halogens is 1. The molecule has 0 aromatic carbocycles. The maximum Gasteiger partial charge on any atom is 0.338 e. The second-order valence-corrected chi connectivity index (χ2v) is 5.17. The summed E-state index contributed by atoms with van der Waals surface area (Å²) in [6.45, 7) is 5.20. The van der Waals surface area contributed by atoms with E-state index in [1.165, 1.54) is 7.11 Å². The lowest BCUT2D eigenvalue weighted by molar-refractivity contribution is -0.142. The summed E-state index contributed by atoms with van der Waals surface area (Å²) in [7, 11) is 1.31. The van der Waals surface area contributed by atoms with Gasteiger partial charge in [0.05, 0.1) is 7.11 Å². The molecule has 0 spiro atoms. The molecule has 5 heteroatoms. The molecule has 0 aliphatic carbocycles. The van der Waals surface area contributed by atoms with Crippen molar-refractivity contribution in [2.75, 3.05) is 7.11 Å². The van der Waals surface area contributed by atoms with Gasteiger partial charge < -0.3 is 14.2 Å². The molecule has 0 aromatic heterocycles. The van der Waals surface area contributed by atoms with Crippen LogP contribution in [0.15, 0.2) is 0 Å². The second kappa shape index (κ2) is 3.17. The average Bonchev–Trinajstić information content (AvgIpc) is 3.00. The van der Waals surface area contributed by atoms with Gasteiger partial charge in [0.25, 0.3) is 0 Å². The minimum absolute atomic E-state index is 0.240. The van der Waals surface area contributed by atoms with Gasteiger partial charge in [-0.15, -0.1) is 0 Å². The first-order valence-corrected chi connectivity index (χ1v) is 5.39. The van der Waals surface area contributed by atoms with Gasteiger partial charge in [-0.2, -0.15) is 0 Å². The summed E-state index contributed by atoms with van der Waals surface area (Å²) in [4.78, 5) is 11.2. The summed E-state index contributed by atoms with van der Waals surface area (Å²) < 4.78 is 28.7. The third-order valence-electron chi connectivity index (χ3n) is 3.52. The van der Waals surface area contributed by atoms with Gasteiger partial charge in [0, 0.05) is 6.42 Å². The van der Waals surface area contributed by atoms with E-state index in [2.05, 4.69) is 4.74 Å². The number of epoxide rings is 2. The zero-order valence-electron chi connectivity index (χ0n) is 10.0. The van der Waals surface area contributed by atoms with Gasteiger partial charge in [0.2, 0.25) is 5.85 Å². The zero-order chi connectivity index (χ0) is 12.2. The van der Waals surface area contributed by atoms with E-state index in [-0.39, 0.29) is 6.42 Å². The Morgan fingerprint density at radius 3 is 2.38 bits per heavy atom. The van der Waals surface area contributed by atoms with Gasteiger partial charge in [-0.3, -0.25) is 0 Å². The Morgan fingerprint density at radius 2 is 1.94 bits per heavy atom. The monoisotopic (exact) mass is 232 g/mol. The summed E-state index contributed by atoms with van der Waals surface area (Å²) in [6, 6.07) is 0. The molecular weight excluding hydrogens is 215 g/mol. The van der Waals surface area contributed by atoms with Crippen LogP contribution in [-0.4, -0.2) is 36.2 Å². The number of carbonyl (C=O) groups excluding carboxylic acids is 1. The Kier molecular flexibility index (Phi) is 2.34. The summed E-state index contributed by atoms with van der Waals surface area (Å²) in [5, 5.41) is 0. The molecule has 0 saturated carbocycles. The van der Waals surface area contributed by atoms with Crippen molar-refractivity contribution >= 4 is 5.97 Å². The molecule has 2 fully saturated rings. The molecule has 0 N–H and O–H groups in total. The molecule has 0 radical (unpaired) electrons. The minimum Gasteiger partial charge on any atom is -0.467 e. The first-order chi connectivity index (χ1) is 7.24. The van der Waals surface area contributed by atoms with E-state index in [9.17, 15) is 9.18 Å². The highest BCUT2D eigenvalue weighted by molar-refractivity contribution is 5.79. The molecule has 4 nitrogen and oxygen atoms in total. The molecular formula is C11H17FO4. The smallest absolute Gasteiger partial charge is 0.338 e. The standard InChI is InChI=1S/C11H17FO4/c1-9(2)11(12,16-9)6-5-10(3)7(15-10)8(13)14-4/h7H,5-6H2,1-4H3/t7-,10-,11?/m1/s1. The van der Waals surface area contributed by atoms with E-state index in [1.54, 1.807) is 20.8 Å². The van der Waals surface area contributed by atoms with E-state index in [1.807, 2.05) is 0 Å². The Labute approximate surface area is 94.0 Å². The van der Waals surface area contributed by atoms with Gasteiger partial charge in [-0.1, -0.05) is 0 Å². The molecule has 92 valence electrons. The molecule has 2 rings (SSSR count). The molecule has 2 saturated heterocycles. The van der Waals surface area contributed by atoms with Crippen LogP contribution in [0, 0.1) is 0 Å². The highest BCUT2D eigenvalue weighted by Crippen LogP contribution is 2.54. The van der Waals surface area contributed by atoms with E-state index >= 15 is 0 Å². The highest BCUT2D eigenvalue weighted by Gasteiger charge is 2.67. The Balaban J connectivity index is 1.83. The summed E-state index contributed by atoms with van der Waals surface area (Å²) in [5.74, 6) is -1.96. The van der Waals surface area contributed by atoms with Crippen LogP contribution in [0.1, 0.15) is 33.6 Å². The number of hydrogen-bond donors (Lipinski definition) is 0. The summed E-state index contributed by atoms with van der Waals surface area (Å²) >= 11 is 0. The zero-order valence-corrected chi connectivity index (χ0v) is 10.0. The fraction of sp³-hybridized carbons (Fsp3) is 0.909. The molecule has 0 amide bonds. The lowest BCUT2D eigenvalue weighted by Gasteiger charge is -2.08. The average molecular weight is 232 g/mol. The van der Waals surface area contributed by atoms with Crippen LogP contribution in [-0.2, 0) is 19.0 Å². The molecule has 2 aliphatic rings. The number of alkyl halides is 1. The van der Waals surface area contributed by atoms with Crippen molar-refractivity contribution in [2.24, 2.45) is 0 Å². The Bertz CT molecular complexity index is 330. The Morgan fingerprint density at radius 1 is 1.38 bits per heavy atom. The maximum absolute atomic E-state index is 13.9. The third kappa shape index (κ3) is 1.72. The molecule has 0 bridgehead atoms. The quantitative estimate of drug-likeness (QED) is 0.545. The topological polar surface area (TPSA) is 51.4 Å². The normalized spacial score (nSPS) is 43.9. The molecule has 0 aromatic rings. The van der Waals surface area contributed by atoms with Gasteiger partial charge in [-0.25, -0.2) is 9.18 Å². The first-order valence-electron chi connectivity index (χ1n) is 5.39. The van der Waals surface area contributed by atoms with Crippen molar-refractivity contribution in [3.05, 3.63) is 0 Å². The summed E-state index contributed by atoms with van der Waals surface area (Å²) in [6.07, 6.45) is 0.138.